The molecule has 0 saturated carbocycles. The van der Waals surface area contributed by atoms with Gasteiger partial charge in [-0.1, -0.05) is 18.5 Å². The smallest absolute Gasteiger partial charge is 0.352 e. The summed E-state index contributed by atoms with van der Waals surface area (Å²) in [4.78, 5) is 46.5. The van der Waals surface area contributed by atoms with Crippen molar-refractivity contribution in [1.29, 1.82) is 0 Å². The Kier molecular flexibility index (Phi) is 5.90. The number of nitrogens with one attached hydrogen (secondary N) is 1. The summed E-state index contributed by atoms with van der Waals surface area (Å²) in [5.74, 6) is -2.53. The number of nitrogens with zero attached hydrogens (tertiary/aromatic N) is 3. The first-order valence-electron chi connectivity index (χ1n) is 8.54. The van der Waals surface area contributed by atoms with Crippen molar-refractivity contribution in [3.05, 3.63) is 22.8 Å². The predicted octanol–water partition coefficient (Wildman–Crippen LogP) is -0.102. The number of anilines is 1. The van der Waals surface area contributed by atoms with E-state index in [4.69, 9.17) is 20.4 Å². The molecule has 11 nitrogen and oxygen atoms in total. The van der Waals surface area contributed by atoms with Crippen LogP contribution < -0.4 is 11.1 Å². The fourth-order valence-corrected chi connectivity index (χ4v) is 3.22. The third kappa shape index (κ3) is 3.82. The molecule has 0 spiro atoms. The van der Waals surface area contributed by atoms with Crippen molar-refractivity contribution in [3.63, 3.8) is 0 Å². The SMILES string of the molecule is CCCCO/N=C(\C(=O)N[C@@H]1C(=O)N2C(C(=O)O)=CCO[C@H]12)c1csc(N)n1. The van der Waals surface area contributed by atoms with Crippen LogP contribution in [0.15, 0.2) is 22.3 Å². The number of carboxylic acid groups (broad SMARTS) is 1. The first-order chi connectivity index (χ1) is 13.4. The number of fused-ring (bicyclic) bond motifs is 1. The zero-order valence-electron chi connectivity index (χ0n) is 15.0. The summed E-state index contributed by atoms with van der Waals surface area (Å²) in [5, 5.41) is 17.3. The van der Waals surface area contributed by atoms with Gasteiger partial charge in [0, 0.05) is 5.38 Å². The second kappa shape index (κ2) is 8.35. The highest BCUT2D eigenvalue weighted by Gasteiger charge is 2.53. The molecule has 2 amide bonds. The summed E-state index contributed by atoms with van der Waals surface area (Å²) >= 11 is 1.13. The first-order valence-corrected chi connectivity index (χ1v) is 9.42. The molecule has 3 heterocycles. The van der Waals surface area contributed by atoms with Gasteiger partial charge in [0.05, 0.1) is 6.61 Å². The molecule has 1 aromatic rings. The van der Waals surface area contributed by atoms with E-state index in [2.05, 4.69) is 15.5 Å². The lowest BCUT2D eigenvalue weighted by molar-refractivity contribution is -0.183. The van der Waals surface area contributed by atoms with Gasteiger partial charge in [0.2, 0.25) is 0 Å². The molecular weight excluding hydrogens is 390 g/mol. The lowest BCUT2D eigenvalue weighted by Crippen LogP contribution is -2.72. The van der Waals surface area contributed by atoms with E-state index >= 15 is 0 Å². The van der Waals surface area contributed by atoms with Crippen LogP contribution in [0.2, 0.25) is 0 Å². The Labute approximate surface area is 163 Å². The molecule has 1 aromatic heterocycles. The van der Waals surface area contributed by atoms with E-state index in [9.17, 15) is 14.4 Å². The zero-order chi connectivity index (χ0) is 20.3. The van der Waals surface area contributed by atoms with Crippen LogP contribution in [-0.4, -0.2) is 64.0 Å². The Hall–Kier alpha value is -2.99. The molecule has 3 rings (SSSR count). The number of carbonyl (C=O) groups excluding carboxylic acids is 2. The van der Waals surface area contributed by atoms with Gasteiger partial charge < -0.3 is 25.7 Å². The number of amides is 2. The number of thiazole rings is 1. The number of carbonyl (C=O) groups is 3. The van der Waals surface area contributed by atoms with Crippen molar-refractivity contribution in [2.75, 3.05) is 18.9 Å². The fraction of sp³-hybridized carbons (Fsp3) is 0.438. The van der Waals surface area contributed by atoms with Crippen LogP contribution >= 0.6 is 11.3 Å². The normalized spacial score (nSPS) is 21.5. The number of unbranched alkanes of at least 4 members (excludes halogenated alkanes) is 1. The minimum absolute atomic E-state index is 0.0200. The van der Waals surface area contributed by atoms with E-state index < -0.39 is 30.1 Å². The number of carboxylic acids is 1. The maximum Gasteiger partial charge on any atom is 0.352 e. The van der Waals surface area contributed by atoms with Gasteiger partial charge in [-0.15, -0.1) is 11.3 Å². The monoisotopic (exact) mass is 409 g/mol. The Morgan fingerprint density at radius 1 is 1.57 bits per heavy atom. The molecule has 28 heavy (non-hydrogen) atoms. The fourth-order valence-electron chi connectivity index (χ4n) is 2.67. The number of ether oxygens (including phenoxy) is 1. The topological polar surface area (TPSA) is 156 Å². The standard InChI is InChI=1S/C16H19N5O6S/c1-2-3-5-27-20-10(8-7-28-16(17)18-8)12(22)19-11-13(23)21-9(15(24)25)4-6-26-14(11)21/h4,7,11,14H,2-3,5-6H2,1H3,(H2,17,18)(H,19,22)(H,24,25)/b20-10-/t11-,14-/m1/s1. The summed E-state index contributed by atoms with van der Waals surface area (Å²) in [6, 6.07) is -1.03. The third-order valence-electron chi connectivity index (χ3n) is 4.08. The molecule has 2 aliphatic rings. The van der Waals surface area contributed by atoms with Crippen LogP contribution in [-0.2, 0) is 24.0 Å². The molecule has 4 N–H and O–H groups in total. The number of oxime groups is 1. The van der Waals surface area contributed by atoms with Gasteiger partial charge in [0.25, 0.3) is 11.8 Å². The number of β-lactam (4-membered cyclic amide) rings is 1. The second-order valence-electron chi connectivity index (χ2n) is 5.98. The highest BCUT2D eigenvalue weighted by Crippen LogP contribution is 2.29. The van der Waals surface area contributed by atoms with Gasteiger partial charge in [0.15, 0.2) is 23.1 Å². The van der Waals surface area contributed by atoms with Crippen LogP contribution in [0.4, 0.5) is 5.13 Å². The quantitative estimate of drug-likeness (QED) is 0.232. The van der Waals surface area contributed by atoms with E-state index in [-0.39, 0.29) is 28.8 Å². The predicted molar refractivity (Wildman–Crippen MR) is 98.2 cm³/mol. The number of rotatable bonds is 8. The average molecular weight is 409 g/mol. The Morgan fingerprint density at radius 3 is 3.00 bits per heavy atom. The van der Waals surface area contributed by atoms with Crippen molar-refractivity contribution in [1.82, 2.24) is 15.2 Å². The summed E-state index contributed by atoms with van der Waals surface area (Å²) in [6.45, 7) is 2.33. The summed E-state index contributed by atoms with van der Waals surface area (Å²) in [7, 11) is 0. The third-order valence-corrected chi connectivity index (χ3v) is 4.75. The molecule has 12 heteroatoms. The molecule has 0 aliphatic carbocycles. The molecule has 150 valence electrons. The van der Waals surface area contributed by atoms with Crippen LogP contribution in [0.3, 0.4) is 0 Å². The van der Waals surface area contributed by atoms with Crippen LogP contribution in [0.25, 0.3) is 0 Å². The van der Waals surface area contributed by atoms with Crippen LogP contribution in [0.5, 0.6) is 0 Å². The Bertz CT molecular complexity index is 850. The van der Waals surface area contributed by atoms with E-state index in [1.165, 1.54) is 6.08 Å². The number of hydrogen-bond acceptors (Lipinski definition) is 9. The molecular formula is C16H19N5O6S. The Balaban J connectivity index is 1.73. The maximum atomic E-state index is 12.7. The molecule has 0 radical (unpaired) electrons. The van der Waals surface area contributed by atoms with Crippen LogP contribution in [0, 0.1) is 0 Å². The van der Waals surface area contributed by atoms with Gasteiger partial charge in [-0.3, -0.25) is 14.5 Å². The largest absolute Gasteiger partial charge is 0.477 e. The minimum Gasteiger partial charge on any atom is -0.477 e. The zero-order valence-corrected chi connectivity index (χ0v) is 15.8. The van der Waals surface area contributed by atoms with Gasteiger partial charge >= 0.3 is 5.97 Å². The first kappa shape index (κ1) is 19.8. The highest BCUT2D eigenvalue weighted by molar-refractivity contribution is 7.13. The van der Waals surface area contributed by atoms with Crippen molar-refractivity contribution in [3.8, 4) is 0 Å². The number of aliphatic carboxylic acids is 1. The summed E-state index contributed by atoms with van der Waals surface area (Å²) < 4.78 is 5.39. The van der Waals surface area contributed by atoms with Crippen LogP contribution in [0.1, 0.15) is 25.5 Å². The lowest BCUT2D eigenvalue weighted by atomic mass is 10.0. The number of aromatic nitrogens is 1. The highest BCUT2D eigenvalue weighted by atomic mass is 32.1. The van der Waals surface area contributed by atoms with E-state index in [1.807, 2.05) is 6.92 Å². The molecule has 2 atom stereocenters. The summed E-state index contributed by atoms with van der Waals surface area (Å²) in [5.41, 5.74) is 5.54. The minimum atomic E-state index is -1.24. The van der Waals surface area contributed by atoms with Crippen molar-refractivity contribution >= 4 is 40.0 Å². The van der Waals surface area contributed by atoms with E-state index in [1.54, 1.807) is 5.38 Å². The average Bonchev–Trinajstić information content (AvgIpc) is 3.10. The van der Waals surface area contributed by atoms with Gasteiger partial charge in [-0.2, -0.15) is 0 Å². The van der Waals surface area contributed by atoms with Crippen molar-refractivity contribution in [2.45, 2.75) is 32.0 Å². The van der Waals surface area contributed by atoms with Crippen molar-refractivity contribution < 1.29 is 29.1 Å². The maximum absolute atomic E-state index is 12.7. The van der Waals surface area contributed by atoms with E-state index in [0.717, 1.165) is 29.1 Å². The molecule has 0 aromatic carbocycles. The summed E-state index contributed by atoms with van der Waals surface area (Å²) in [6.07, 6.45) is 2.05. The molecule has 0 bridgehead atoms. The molecule has 2 aliphatic heterocycles. The number of nitrogen functional groups attached to an aromatic ring is 1. The van der Waals surface area contributed by atoms with Crippen molar-refractivity contribution in [2.24, 2.45) is 5.16 Å². The molecule has 0 unspecified atom stereocenters. The molecule has 1 saturated heterocycles. The molecule has 1 fully saturated rings. The van der Waals surface area contributed by atoms with Gasteiger partial charge in [0.1, 0.15) is 18.0 Å². The number of nitrogens with two attached hydrogens (primary N) is 1. The van der Waals surface area contributed by atoms with Gasteiger partial charge in [-0.05, 0) is 12.5 Å². The Morgan fingerprint density at radius 2 is 2.36 bits per heavy atom. The van der Waals surface area contributed by atoms with E-state index in [0.29, 0.717) is 6.61 Å². The lowest BCUT2D eigenvalue weighted by Gasteiger charge is -2.47. The second-order valence-corrected chi connectivity index (χ2v) is 6.87. The number of hydrogen-bond donors (Lipinski definition) is 3. The van der Waals surface area contributed by atoms with Gasteiger partial charge in [-0.25, -0.2) is 9.78 Å².